The van der Waals surface area contributed by atoms with E-state index >= 15 is 0 Å². The van der Waals surface area contributed by atoms with E-state index in [1.807, 2.05) is 31.2 Å². The molecule has 1 unspecified atom stereocenters. The minimum absolute atomic E-state index is 0.0624. The van der Waals surface area contributed by atoms with E-state index < -0.39 is 9.84 Å². The number of carbonyl (C=O) groups is 1. The van der Waals surface area contributed by atoms with Crippen LogP contribution in [-0.4, -0.2) is 42.7 Å². The number of nitrogens with one attached hydrogen (secondary N) is 1. The monoisotopic (exact) mass is 363 g/mol. The van der Waals surface area contributed by atoms with Crippen LogP contribution in [-0.2, 0) is 21.1 Å². The number of aromatic nitrogens is 2. The molecule has 25 heavy (non-hydrogen) atoms. The zero-order chi connectivity index (χ0) is 18.0. The highest BCUT2D eigenvalue weighted by atomic mass is 32.2. The molecule has 0 spiro atoms. The van der Waals surface area contributed by atoms with Gasteiger partial charge in [0.2, 0.25) is 5.91 Å². The maximum Gasteiger partial charge on any atom is 0.229 e. The van der Waals surface area contributed by atoms with E-state index in [1.54, 1.807) is 17.9 Å². The molecule has 1 saturated heterocycles. The van der Waals surface area contributed by atoms with Crippen molar-refractivity contribution in [1.29, 1.82) is 0 Å². The number of ether oxygens (including phenoxy) is 1. The molecule has 0 radical (unpaired) electrons. The molecule has 2 heterocycles. The lowest BCUT2D eigenvalue weighted by atomic mass is 10.1. The van der Waals surface area contributed by atoms with Gasteiger partial charge in [0.1, 0.15) is 11.6 Å². The molecule has 1 atom stereocenters. The Balaban J connectivity index is 1.73. The van der Waals surface area contributed by atoms with E-state index in [0.717, 1.165) is 11.3 Å². The fourth-order valence-electron chi connectivity index (χ4n) is 3.01. The Kier molecular flexibility index (Phi) is 4.80. The lowest BCUT2D eigenvalue weighted by Gasteiger charge is -2.14. The molecule has 0 bridgehead atoms. The van der Waals surface area contributed by atoms with Crippen LogP contribution >= 0.6 is 0 Å². The molecule has 1 aromatic heterocycles. The molecule has 1 amide bonds. The van der Waals surface area contributed by atoms with Crippen molar-refractivity contribution >= 4 is 21.6 Å². The second-order valence-corrected chi connectivity index (χ2v) is 8.48. The zero-order valence-corrected chi connectivity index (χ0v) is 15.0. The molecular weight excluding hydrogens is 342 g/mol. The van der Waals surface area contributed by atoms with Gasteiger partial charge < -0.3 is 10.1 Å². The maximum absolute atomic E-state index is 12.4. The van der Waals surface area contributed by atoms with Crippen LogP contribution in [0.1, 0.15) is 23.7 Å². The fraction of sp³-hybridized carbons (Fsp3) is 0.412. The van der Waals surface area contributed by atoms with Gasteiger partial charge in [0.15, 0.2) is 9.84 Å². The number of aryl methyl sites for hydroxylation is 1. The van der Waals surface area contributed by atoms with E-state index in [-0.39, 0.29) is 29.9 Å². The van der Waals surface area contributed by atoms with Crippen molar-refractivity contribution in [1.82, 2.24) is 9.78 Å². The highest BCUT2D eigenvalue weighted by Crippen LogP contribution is 2.27. The third-order valence-electron chi connectivity index (χ3n) is 4.18. The summed E-state index contributed by atoms with van der Waals surface area (Å²) in [6.45, 7) is 1.82. The van der Waals surface area contributed by atoms with Crippen molar-refractivity contribution in [3.05, 3.63) is 41.6 Å². The average molecular weight is 363 g/mol. The van der Waals surface area contributed by atoms with Crippen LogP contribution in [0, 0.1) is 6.92 Å². The molecule has 3 rings (SSSR count). The Labute approximate surface area is 146 Å². The number of carbonyl (C=O) groups excluding carboxylic acids is 1. The molecule has 7 nitrogen and oxygen atoms in total. The van der Waals surface area contributed by atoms with Crippen molar-refractivity contribution in [2.24, 2.45) is 0 Å². The standard InChI is InChI=1S/C17H21N3O4S/c1-12-8-16(20(19-12)14-6-7-25(22,23)11-14)18-17(21)10-13-4-3-5-15(9-13)24-2/h3-5,8-9,14H,6-7,10-11H2,1-2H3,(H,18,21). The Hall–Kier alpha value is -2.35. The van der Waals surface area contributed by atoms with Crippen LogP contribution in [0.4, 0.5) is 5.82 Å². The van der Waals surface area contributed by atoms with Gasteiger partial charge >= 0.3 is 0 Å². The zero-order valence-electron chi connectivity index (χ0n) is 14.2. The molecule has 0 saturated carbocycles. The van der Waals surface area contributed by atoms with Crippen LogP contribution in [0.15, 0.2) is 30.3 Å². The number of anilines is 1. The summed E-state index contributed by atoms with van der Waals surface area (Å²) in [5.41, 5.74) is 1.57. The molecule has 1 aliphatic heterocycles. The Morgan fingerprint density at radius 1 is 1.40 bits per heavy atom. The molecular formula is C17H21N3O4S. The number of nitrogens with zero attached hydrogens (tertiary/aromatic N) is 2. The molecule has 2 aromatic rings. The second kappa shape index (κ2) is 6.87. The molecule has 8 heteroatoms. The van der Waals surface area contributed by atoms with Crippen LogP contribution in [0.5, 0.6) is 5.75 Å². The number of rotatable bonds is 5. The number of sulfone groups is 1. The van der Waals surface area contributed by atoms with E-state index in [4.69, 9.17) is 4.74 Å². The first kappa shape index (κ1) is 17.5. The number of methoxy groups -OCH3 is 1. The van der Waals surface area contributed by atoms with Gasteiger partial charge in [-0.15, -0.1) is 0 Å². The molecule has 0 aliphatic carbocycles. The van der Waals surface area contributed by atoms with E-state index in [1.165, 1.54) is 0 Å². The highest BCUT2D eigenvalue weighted by Gasteiger charge is 2.31. The summed E-state index contributed by atoms with van der Waals surface area (Å²) in [7, 11) is -1.44. The van der Waals surface area contributed by atoms with Gasteiger partial charge in [-0.2, -0.15) is 5.10 Å². The predicted molar refractivity (Wildman–Crippen MR) is 94.6 cm³/mol. The average Bonchev–Trinajstić information content (AvgIpc) is 3.09. The molecule has 1 aromatic carbocycles. The van der Waals surface area contributed by atoms with E-state index in [2.05, 4.69) is 10.4 Å². The summed E-state index contributed by atoms with van der Waals surface area (Å²) in [6, 6.07) is 8.85. The topological polar surface area (TPSA) is 90.3 Å². The van der Waals surface area contributed by atoms with Crippen LogP contribution in [0.2, 0.25) is 0 Å². The van der Waals surface area contributed by atoms with Gasteiger partial charge in [0, 0.05) is 6.07 Å². The van der Waals surface area contributed by atoms with Gasteiger partial charge in [0.25, 0.3) is 0 Å². The van der Waals surface area contributed by atoms with Gasteiger partial charge in [-0.05, 0) is 31.0 Å². The van der Waals surface area contributed by atoms with Crippen molar-refractivity contribution < 1.29 is 17.9 Å². The lowest BCUT2D eigenvalue weighted by Crippen LogP contribution is -2.20. The lowest BCUT2D eigenvalue weighted by molar-refractivity contribution is -0.115. The summed E-state index contributed by atoms with van der Waals surface area (Å²) < 4.78 is 30.2. The van der Waals surface area contributed by atoms with Gasteiger partial charge in [-0.25, -0.2) is 13.1 Å². The summed E-state index contributed by atoms with van der Waals surface area (Å²) in [4.78, 5) is 12.4. The third-order valence-corrected chi connectivity index (χ3v) is 5.93. The summed E-state index contributed by atoms with van der Waals surface area (Å²) in [5.74, 6) is 1.27. The number of benzene rings is 1. The quantitative estimate of drug-likeness (QED) is 0.874. The predicted octanol–water partition coefficient (Wildman–Crippen LogP) is 1.74. The minimum atomic E-state index is -3.02. The van der Waals surface area contributed by atoms with Crippen LogP contribution in [0.3, 0.4) is 0 Å². The smallest absolute Gasteiger partial charge is 0.229 e. The van der Waals surface area contributed by atoms with Crippen molar-refractivity contribution in [2.45, 2.75) is 25.8 Å². The largest absolute Gasteiger partial charge is 0.497 e. The molecule has 1 aliphatic rings. The Morgan fingerprint density at radius 2 is 2.20 bits per heavy atom. The van der Waals surface area contributed by atoms with Crippen molar-refractivity contribution in [3.8, 4) is 5.75 Å². The van der Waals surface area contributed by atoms with Gasteiger partial charge in [0.05, 0.1) is 36.8 Å². The summed E-state index contributed by atoms with van der Waals surface area (Å²) in [6.07, 6.45) is 0.715. The molecule has 1 N–H and O–H groups in total. The highest BCUT2D eigenvalue weighted by molar-refractivity contribution is 7.91. The van der Waals surface area contributed by atoms with Crippen molar-refractivity contribution in [2.75, 3.05) is 23.9 Å². The molecule has 1 fully saturated rings. The van der Waals surface area contributed by atoms with Crippen molar-refractivity contribution in [3.63, 3.8) is 0 Å². The molecule has 134 valence electrons. The number of hydrogen-bond acceptors (Lipinski definition) is 5. The normalized spacial score (nSPS) is 18.9. The van der Waals surface area contributed by atoms with Crippen LogP contribution in [0.25, 0.3) is 0 Å². The SMILES string of the molecule is COc1cccc(CC(=O)Nc2cc(C)nn2C2CCS(=O)(=O)C2)c1. The Morgan fingerprint density at radius 3 is 2.88 bits per heavy atom. The first-order chi connectivity index (χ1) is 11.9. The second-order valence-electron chi connectivity index (χ2n) is 6.25. The summed E-state index contributed by atoms with van der Waals surface area (Å²) in [5, 5.41) is 7.21. The first-order valence-corrected chi connectivity index (χ1v) is 9.88. The summed E-state index contributed by atoms with van der Waals surface area (Å²) >= 11 is 0. The van der Waals surface area contributed by atoms with E-state index in [0.29, 0.717) is 18.0 Å². The minimum Gasteiger partial charge on any atom is -0.497 e. The first-order valence-electron chi connectivity index (χ1n) is 8.05. The number of hydrogen-bond donors (Lipinski definition) is 1. The van der Waals surface area contributed by atoms with Gasteiger partial charge in [-0.1, -0.05) is 12.1 Å². The van der Waals surface area contributed by atoms with Gasteiger partial charge in [-0.3, -0.25) is 4.79 Å². The number of amides is 1. The van der Waals surface area contributed by atoms with E-state index in [9.17, 15) is 13.2 Å². The Bertz CT molecular complexity index is 889. The maximum atomic E-state index is 12.4. The third kappa shape index (κ3) is 4.19. The fourth-order valence-corrected chi connectivity index (χ4v) is 4.70. The van der Waals surface area contributed by atoms with Crippen LogP contribution < -0.4 is 10.1 Å².